The van der Waals surface area contributed by atoms with E-state index in [2.05, 4.69) is 5.10 Å². The molecule has 142 valence electrons. The van der Waals surface area contributed by atoms with E-state index >= 15 is 0 Å². The number of rotatable bonds is 5. The number of ketones is 1. The van der Waals surface area contributed by atoms with E-state index < -0.39 is 0 Å². The molecular formula is C21H18N2O5. The first kappa shape index (κ1) is 17.8. The SMILES string of the molecule is COc1cccc(-c2ccc(=O)n(CC(=O)c3ccc4c(c3)OCCO4)n2)c1. The minimum absolute atomic E-state index is 0.170. The third-order valence-electron chi connectivity index (χ3n) is 4.39. The number of carbonyl (C=O) groups is 1. The molecule has 7 nitrogen and oxygen atoms in total. The Morgan fingerprint density at radius 2 is 1.89 bits per heavy atom. The van der Waals surface area contributed by atoms with E-state index in [-0.39, 0.29) is 17.9 Å². The fraction of sp³-hybridized carbons (Fsp3) is 0.190. The molecule has 2 heterocycles. The van der Waals surface area contributed by atoms with Crippen molar-refractivity contribution in [2.45, 2.75) is 6.54 Å². The standard InChI is InChI=1S/C21H18N2O5/c1-26-16-4-2-3-14(11-16)17-6-8-21(25)23(22-17)13-18(24)15-5-7-19-20(12-15)28-10-9-27-19/h2-8,11-12H,9-10,13H2,1H3. The Labute approximate surface area is 161 Å². The monoisotopic (exact) mass is 378 g/mol. The molecule has 3 aromatic rings. The van der Waals surface area contributed by atoms with Gasteiger partial charge >= 0.3 is 0 Å². The quantitative estimate of drug-likeness (QED) is 0.635. The molecule has 1 aliphatic heterocycles. The summed E-state index contributed by atoms with van der Waals surface area (Å²) >= 11 is 0. The maximum Gasteiger partial charge on any atom is 0.267 e. The highest BCUT2D eigenvalue weighted by molar-refractivity contribution is 5.96. The number of fused-ring (bicyclic) bond motifs is 1. The van der Waals surface area contributed by atoms with Gasteiger partial charge in [0.1, 0.15) is 25.5 Å². The topological polar surface area (TPSA) is 79.7 Å². The van der Waals surface area contributed by atoms with Gasteiger partial charge in [0.25, 0.3) is 5.56 Å². The fourth-order valence-corrected chi connectivity index (χ4v) is 2.94. The largest absolute Gasteiger partial charge is 0.497 e. The second kappa shape index (κ2) is 7.56. The van der Waals surface area contributed by atoms with Crippen LogP contribution in [-0.2, 0) is 6.54 Å². The van der Waals surface area contributed by atoms with Crippen molar-refractivity contribution in [1.29, 1.82) is 0 Å². The highest BCUT2D eigenvalue weighted by Gasteiger charge is 2.16. The molecule has 0 bridgehead atoms. The highest BCUT2D eigenvalue weighted by Crippen LogP contribution is 2.31. The van der Waals surface area contributed by atoms with Crippen molar-refractivity contribution in [1.82, 2.24) is 9.78 Å². The van der Waals surface area contributed by atoms with Gasteiger partial charge in [-0.15, -0.1) is 0 Å². The van der Waals surface area contributed by atoms with Crippen molar-refractivity contribution < 1.29 is 19.0 Å². The fourth-order valence-electron chi connectivity index (χ4n) is 2.94. The van der Waals surface area contributed by atoms with E-state index in [1.54, 1.807) is 31.4 Å². The summed E-state index contributed by atoms with van der Waals surface area (Å²) in [5.41, 5.74) is 1.45. The van der Waals surface area contributed by atoms with Gasteiger partial charge in [0.05, 0.1) is 12.8 Å². The van der Waals surface area contributed by atoms with Crippen molar-refractivity contribution in [2.24, 2.45) is 0 Å². The van der Waals surface area contributed by atoms with Crippen LogP contribution in [0, 0.1) is 0 Å². The van der Waals surface area contributed by atoms with Gasteiger partial charge in [-0.2, -0.15) is 5.10 Å². The molecule has 7 heteroatoms. The maximum absolute atomic E-state index is 12.7. The Hall–Kier alpha value is -3.61. The van der Waals surface area contributed by atoms with Crippen LogP contribution < -0.4 is 19.8 Å². The van der Waals surface area contributed by atoms with Gasteiger partial charge in [0.15, 0.2) is 17.3 Å². The van der Waals surface area contributed by atoms with Crippen LogP contribution >= 0.6 is 0 Å². The first-order valence-corrected chi connectivity index (χ1v) is 8.79. The number of Topliss-reactive ketones (excluding diaryl/α,β-unsaturated/α-hetero) is 1. The summed E-state index contributed by atoms with van der Waals surface area (Å²) in [6, 6.07) is 15.4. The summed E-state index contributed by atoms with van der Waals surface area (Å²) in [5, 5.41) is 4.34. The van der Waals surface area contributed by atoms with Gasteiger partial charge in [0.2, 0.25) is 0 Å². The molecule has 0 saturated carbocycles. The summed E-state index contributed by atoms with van der Waals surface area (Å²) in [5.74, 6) is 1.58. The lowest BCUT2D eigenvalue weighted by Gasteiger charge is -2.18. The number of aromatic nitrogens is 2. The lowest BCUT2D eigenvalue weighted by atomic mass is 10.1. The normalized spacial score (nSPS) is 12.5. The molecule has 0 fully saturated rings. The van der Waals surface area contributed by atoms with Crippen molar-refractivity contribution >= 4 is 5.78 Å². The number of carbonyl (C=O) groups excluding carboxylic acids is 1. The molecule has 1 aromatic heterocycles. The van der Waals surface area contributed by atoms with Gasteiger partial charge in [0, 0.05) is 17.2 Å². The van der Waals surface area contributed by atoms with Crippen molar-refractivity contribution in [3.63, 3.8) is 0 Å². The minimum Gasteiger partial charge on any atom is -0.497 e. The molecule has 0 unspecified atom stereocenters. The molecule has 1 aliphatic rings. The summed E-state index contributed by atoms with van der Waals surface area (Å²) in [6.45, 7) is 0.751. The maximum atomic E-state index is 12.7. The molecule has 0 saturated heterocycles. The van der Waals surface area contributed by atoms with E-state index in [0.717, 1.165) is 10.2 Å². The zero-order valence-electron chi connectivity index (χ0n) is 15.3. The van der Waals surface area contributed by atoms with E-state index in [4.69, 9.17) is 14.2 Å². The summed E-state index contributed by atoms with van der Waals surface area (Å²) in [7, 11) is 1.58. The molecule has 0 aliphatic carbocycles. The van der Waals surface area contributed by atoms with Crippen LogP contribution in [0.4, 0.5) is 0 Å². The molecular weight excluding hydrogens is 360 g/mol. The Morgan fingerprint density at radius 1 is 1.07 bits per heavy atom. The average Bonchev–Trinajstić information content (AvgIpc) is 2.75. The van der Waals surface area contributed by atoms with E-state index in [9.17, 15) is 9.59 Å². The smallest absolute Gasteiger partial charge is 0.267 e. The minimum atomic E-state index is -0.350. The lowest BCUT2D eigenvalue weighted by molar-refractivity contribution is 0.0964. The molecule has 0 spiro atoms. The molecule has 0 radical (unpaired) electrons. The Bertz CT molecular complexity index is 1090. The van der Waals surface area contributed by atoms with Crippen LogP contribution in [0.15, 0.2) is 59.4 Å². The van der Waals surface area contributed by atoms with Crippen molar-refractivity contribution in [3.8, 4) is 28.5 Å². The van der Waals surface area contributed by atoms with Crippen molar-refractivity contribution in [2.75, 3.05) is 20.3 Å². The Kier molecular flexibility index (Phi) is 4.80. The number of benzene rings is 2. The molecule has 28 heavy (non-hydrogen) atoms. The second-order valence-corrected chi connectivity index (χ2v) is 6.23. The van der Waals surface area contributed by atoms with E-state index in [0.29, 0.717) is 41.7 Å². The van der Waals surface area contributed by atoms with Gasteiger partial charge in [-0.1, -0.05) is 12.1 Å². The number of ether oxygens (including phenoxy) is 3. The summed E-state index contributed by atoms with van der Waals surface area (Å²) < 4.78 is 17.4. The summed E-state index contributed by atoms with van der Waals surface area (Å²) in [4.78, 5) is 24.9. The zero-order chi connectivity index (χ0) is 19.5. The van der Waals surface area contributed by atoms with Crippen molar-refractivity contribution in [3.05, 3.63) is 70.5 Å². The van der Waals surface area contributed by atoms with E-state index in [1.807, 2.05) is 24.3 Å². The van der Waals surface area contributed by atoms with Gasteiger partial charge in [-0.25, -0.2) is 4.68 Å². The highest BCUT2D eigenvalue weighted by atomic mass is 16.6. The van der Waals surface area contributed by atoms with Crippen LogP contribution in [0.2, 0.25) is 0 Å². The third kappa shape index (κ3) is 3.59. The Morgan fingerprint density at radius 3 is 2.71 bits per heavy atom. The molecule has 2 aromatic carbocycles. The molecule has 4 rings (SSSR count). The molecule has 0 N–H and O–H groups in total. The van der Waals surface area contributed by atoms with E-state index in [1.165, 1.54) is 6.07 Å². The van der Waals surface area contributed by atoms with Crippen LogP contribution in [0.3, 0.4) is 0 Å². The van der Waals surface area contributed by atoms with Crippen LogP contribution in [0.25, 0.3) is 11.3 Å². The lowest BCUT2D eigenvalue weighted by Crippen LogP contribution is -2.26. The molecule has 0 amide bonds. The predicted molar refractivity (Wildman–Crippen MR) is 102 cm³/mol. The number of hydrogen-bond acceptors (Lipinski definition) is 6. The Balaban J connectivity index is 1.60. The first-order chi connectivity index (χ1) is 13.6. The van der Waals surface area contributed by atoms with Crippen LogP contribution in [0.5, 0.6) is 17.2 Å². The van der Waals surface area contributed by atoms with Gasteiger partial charge < -0.3 is 14.2 Å². The third-order valence-corrected chi connectivity index (χ3v) is 4.39. The predicted octanol–water partition coefficient (Wildman–Crippen LogP) is 2.57. The van der Waals surface area contributed by atoms with Crippen LogP contribution in [-0.4, -0.2) is 35.9 Å². The number of methoxy groups -OCH3 is 1. The van der Waals surface area contributed by atoms with Gasteiger partial charge in [-0.05, 0) is 36.4 Å². The first-order valence-electron chi connectivity index (χ1n) is 8.79. The average molecular weight is 378 g/mol. The molecule has 0 atom stereocenters. The summed E-state index contributed by atoms with van der Waals surface area (Å²) in [6.07, 6.45) is 0. The van der Waals surface area contributed by atoms with Crippen LogP contribution in [0.1, 0.15) is 10.4 Å². The zero-order valence-corrected chi connectivity index (χ0v) is 15.3. The number of nitrogens with zero attached hydrogens (tertiary/aromatic N) is 2. The van der Waals surface area contributed by atoms with Gasteiger partial charge in [-0.3, -0.25) is 9.59 Å². The second-order valence-electron chi connectivity index (χ2n) is 6.23. The number of hydrogen-bond donors (Lipinski definition) is 0.